The molecule has 34 heavy (non-hydrogen) atoms. The molecule has 1 aliphatic rings. The number of halogens is 2. The second-order valence-electron chi connectivity index (χ2n) is 8.89. The van der Waals surface area contributed by atoms with E-state index in [1.165, 1.54) is 18.9 Å². The van der Waals surface area contributed by atoms with Crippen molar-refractivity contribution in [2.75, 3.05) is 26.8 Å². The monoisotopic (exact) mass is 466 g/mol. The summed E-state index contributed by atoms with van der Waals surface area (Å²) in [4.78, 5) is 27.8. The van der Waals surface area contributed by atoms with E-state index in [-0.39, 0.29) is 25.7 Å². The molecule has 8 nitrogen and oxygen atoms in total. The maximum Gasteiger partial charge on any atom is 0.259 e. The lowest BCUT2D eigenvalue weighted by atomic mass is 9.89. The van der Waals surface area contributed by atoms with Crippen LogP contribution in [0.1, 0.15) is 17.3 Å². The van der Waals surface area contributed by atoms with Crippen LogP contribution in [0.3, 0.4) is 0 Å². The van der Waals surface area contributed by atoms with E-state index in [1.54, 1.807) is 35.3 Å². The second-order valence-corrected chi connectivity index (χ2v) is 8.89. The third-order valence-corrected chi connectivity index (χ3v) is 6.29. The number of nitrogens with zero attached hydrogens (tertiary/aromatic N) is 6. The van der Waals surface area contributed by atoms with E-state index in [2.05, 4.69) is 20.1 Å². The average molecular weight is 466 g/mol. The number of benzene rings is 1. The first-order valence-electron chi connectivity index (χ1n) is 11.0. The molecule has 1 saturated heterocycles. The molecule has 1 aromatic carbocycles. The van der Waals surface area contributed by atoms with Gasteiger partial charge in [-0.25, -0.2) is 18.7 Å². The summed E-state index contributed by atoms with van der Waals surface area (Å²) in [6.07, 6.45) is 5.21. The van der Waals surface area contributed by atoms with Crippen molar-refractivity contribution in [3.05, 3.63) is 48.4 Å². The van der Waals surface area contributed by atoms with Crippen molar-refractivity contribution in [1.82, 2.24) is 29.6 Å². The molecule has 4 aromatic rings. The summed E-state index contributed by atoms with van der Waals surface area (Å²) < 4.78 is 36.1. The van der Waals surface area contributed by atoms with Crippen molar-refractivity contribution in [3.8, 4) is 11.3 Å². The van der Waals surface area contributed by atoms with E-state index in [0.29, 0.717) is 27.9 Å². The van der Waals surface area contributed by atoms with Crippen molar-refractivity contribution < 1.29 is 18.3 Å². The Morgan fingerprint density at radius 3 is 2.85 bits per heavy atom. The number of carbonyl (C=O) groups is 1. The fourth-order valence-electron chi connectivity index (χ4n) is 4.28. The average Bonchev–Trinajstić information content (AvgIpc) is 3.20. The van der Waals surface area contributed by atoms with Gasteiger partial charge in [-0.15, -0.1) is 0 Å². The van der Waals surface area contributed by atoms with E-state index in [1.807, 2.05) is 19.3 Å². The standard InChI is InChI=1S/C24H24F2N6O2/c1-14-12-34-13-18(24(14,25)26)11-31(2)23(33)15-4-5-19-20(7-15)29-21(9-27-19)16-6-17-10-32(3)30-22(17)28-8-16/h4-10,14,18H,11-13H2,1-3H3. The lowest BCUT2D eigenvalue weighted by Crippen LogP contribution is -2.50. The lowest BCUT2D eigenvalue weighted by molar-refractivity contribution is -0.181. The van der Waals surface area contributed by atoms with Crippen molar-refractivity contribution in [2.45, 2.75) is 12.8 Å². The zero-order valence-corrected chi connectivity index (χ0v) is 19.1. The van der Waals surface area contributed by atoms with Gasteiger partial charge in [0.05, 0.1) is 42.1 Å². The Kier molecular flexibility index (Phi) is 5.47. The zero-order chi connectivity index (χ0) is 24.0. The van der Waals surface area contributed by atoms with Gasteiger partial charge in [0.1, 0.15) is 0 Å². The number of amides is 1. The highest BCUT2D eigenvalue weighted by atomic mass is 19.3. The Hall–Kier alpha value is -3.53. The van der Waals surface area contributed by atoms with Crippen LogP contribution in [0.5, 0.6) is 0 Å². The van der Waals surface area contributed by atoms with Gasteiger partial charge in [-0.1, -0.05) is 6.92 Å². The van der Waals surface area contributed by atoms with E-state index in [4.69, 9.17) is 4.74 Å². The Morgan fingerprint density at radius 2 is 2.03 bits per heavy atom. The fraction of sp³-hybridized carbons (Fsp3) is 0.375. The van der Waals surface area contributed by atoms with Crippen LogP contribution >= 0.6 is 0 Å². The predicted octanol–water partition coefficient (Wildman–Crippen LogP) is 3.57. The number of alkyl halides is 2. The normalized spacial score (nSPS) is 20.0. The van der Waals surface area contributed by atoms with Crippen molar-refractivity contribution in [3.63, 3.8) is 0 Å². The number of hydrogen-bond acceptors (Lipinski definition) is 6. The van der Waals surface area contributed by atoms with Crippen LogP contribution in [0.25, 0.3) is 33.3 Å². The summed E-state index contributed by atoms with van der Waals surface area (Å²) in [6, 6.07) is 6.91. The molecule has 1 fully saturated rings. The smallest absolute Gasteiger partial charge is 0.259 e. The topological polar surface area (TPSA) is 86.0 Å². The van der Waals surface area contributed by atoms with Gasteiger partial charge in [0.2, 0.25) is 0 Å². The first-order chi connectivity index (χ1) is 16.2. The summed E-state index contributed by atoms with van der Waals surface area (Å²) in [5.41, 5.74) is 3.53. The molecule has 0 radical (unpaired) electrons. The highest BCUT2D eigenvalue weighted by Crippen LogP contribution is 2.37. The molecule has 0 saturated carbocycles. The van der Waals surface area contributed by atoms with E-state index in [9.17, 15) is 13.6 Å². The quantitative estimate of drug-likeness (QED) is 0.457. The first kappa shape index (κ1) is 22.3. The largest absolute Gasteiger partial charge is 0.380 e. The number of rotatable bonds is 4. The van der Waals surface area contributed by atoms with Crippen molar-refractivity contribution >= 4 is 28.0 Å². The summed E-state index contributed by atoms with van der Waals surface area (Å²) in [5.74, 6) is -5.18. The van der Waals surface area contributed by atoms with Gasteiger partial charge in [-0.2, -0.15) is 5.10 Å². The highest BCUT2D eigenvalue weighted by molar-refractivity contribution is 5.97. The lowest BCUT2D eigenvalue weighted by Gasteiger charge is -2.38. The van der Waals surface area contributed by atoms with E-state index >= 15 is 0 Å². The number of fused-ring (bicyclic) bond motifs is 2. The van der Waals surface area contributed by atoms with Gasteiger partial charge < -0.3 is 9.64 Å². The number of carbonyl (C=O) groups excluding carboxylic acids is 1. The summed E-state index contributed by atoms with van der Waals surface area (Å²) in [6.45, 7) is 1.32. The van der Waals surface area contributed by atoms with Crippen LogP contribution < -0.4 is 0 Å². The minimum absolute atomic E-state index is 0.0239. The van der Waals surface area contributed by atoms with Gasteiger partial charge in [0.15, 0.2) is 5.65 Å². The van der Waals surface area contributed by atoms with Crippen LogP contribution in [0.2, 0.25) is 0 Å². The van der Waals surface area contributed by atoms with E-state index in [0.717, 1.165) is 10.9 Å². The molecular weight excluding hydrogens is 442 g/mol. The minimum Gasteiger partial charge on any atom is -0.380 e. The third-order valence-electron chi connectivity index (χ3n) is 6.29. The number of ether oxygens (including phenoxy) is 1. The predicted molar refractivity (Wildman–Crippen MR) is 122 cm³/mol. The second kappa shape index (κ2) is 8.35. The highest BCUT2D eigenvalue weighted by Gasteiger charge is 2.48. The van der Waals surface area contributed by atoms with Gasteiger partial charge in [-0.3, -0.25) is 14.5 Å². The molecule has 4 heterocycles. The molecule has 5 rings (SSSR count). The molecule has 1 amide bonds. The molecule has 0 bridgehead atoms. The molecule has 0 N–H and O–H groups in total. The van der Waals surface area contributed by atoms with Gasteiger partial charge >= 0.3 is 0 Å². The van der Waals surface area contributed by atoms with Crippen LogP contribution in [-0.2, 0) is 11.8 Å². The third kappa shape index (κ3) is 3.98. The molecule has 2 atom stereocenters. The number of aromatic nitrogens is 5. The fourth-order valence-corrected chi connectivity index (χ4v) is 4.28. The van der Waals surface area contributed by atoms with Gasteiger partial charge in [0.25, 0.3) is 11.8 Å². The SMILES string of the molecule is CC1COCC(CN(C)C(=O)c2ccc3ncc(-c4cnc5nn(C)cc5c4)nc3c2)C1(F)F. The number of aryl methyl sites for hydroxylation is 1. The molecule has 2 unspecified atom stereocenters. The minimum atomic E-state index is -2.89. The van der Waals surface area contributed by atoms with Crippen LogP contribution in [-0.4, -0.2) is 68.3 Å². The Labute approximate surface area is 194 Å². The summed E-state index contributed by atoms with van der Waals surface area (Å²) in [5, 5.41) is 5.15. The molecule has 1 aliphatic heterocycles. The first-order valence-corrected chi connectivity index (χ1v) is 11.0. The van der Waals surface area contributed by atoms with E-state index < -0.39 is 17.8 Å². The Balaban J connectivity index is 1.40. The van der Waals surface area contributed by atoms with Gasteiger partial charge in [0, 0.05) is 55.5 Å². The molecule has 10 heteroatoms. The zero-order valence-electron chi connectivity index (χ0n) is 19.1. The summed E-state index contributed by atoms with van der Waals surface area (Å²) >= 11 is 0. The Bertz CT molecular complexity index is 1390. The molecule has 3 aromatic heterocycles. The molecule has 0 spiro atoms. The van der Waals surface area contributed by atoms with Gasteiger partial charge in [-0.05, 0) is 24.3 Å². The maximum absolute atomic E-state index is 14.6. The van der Waals surface area contributed by atoms with Crippen LogP contribution in [0, 0.1) is 11.8 Å². The molecule has 0 aliphatic carbocycles. The molecule has 176 valence electrons. The van der Waals surface area contributed by atoms with Crippen molar-refractivity contribution in [1.29, 1.82) is 0 Å². The number of pyridine rings is 1. The van der Waals surface area contributed by atoms with Crippen molar-refractivity contribution in [2.24, 2.45) is 18.9 Å². The molecular formula is C24H24F2N6O2. The van der Waals surface area contributed by atoms with Crippen LogP contribution in [0.4, 0.5) is 8.78 Å². The Morgan fingerprint density at radius 1 is 1.21 bits per heavy atom. The maximum atomic E-state index is 14.6. The van der Waals surface area contributed by atoms with Crippen LogP contribution in [0.15, 0.2) is 42.9 Å². The summed E-state index contributed by atoms with van der Waals surface area (Å²) in [7, 11) is 3.36. The number of hydrogen-bond donors (Lipinski definition) is 0.